The summed E-state index contributed by atoms with van der Waals surface area (Å²) in [5.74, 6) is 0.516. The van der Waals surface area contributed by atoms with Crippen molar-refractivity contribution >= 4 is 11.8 Å². The van der Waals surface area contributed by atoms with Crippen LogP contribution in [0, 0.1) is 11.7 Å². The van der Waals surface area contributed by atoms with Gasteiger partial charge in [-0.3, -0.25) is 20.4 Å². The van der Waals surface area contributed by atoms with E-state index < -0.39 is 0 Å². The third kappa shape index (κ3) is 3.99. The van der Waals surface area contributed by atoms with Crippen molar-refractivity contribution in [2.45, 2.75) is 37.6 Å². The molecule has 0 radical (unpaired) electrons. The van der Waals surface area contributed by atoms with Crippen LogP contribution >= 0.6 is 0 Å². The van der Waals surface area contributed by atoms with Crippen molar-refractivity contribution in [2.75, 3.05) is 32.7 Å². The first-order chi connectivity index (χ1) is 13.1. The van der Waals surface area contributed by atoms with Crippen LogP contribution in [-0.2, 0) is 9.59 Å². The summed E-state index contributed by atoms with van der Waals surface area (Å²) in [6.45, 7) is 3.17. The SMILES string of the molecule is O=C1CCCN1CC(=O)N1CCCC(C2NNCC2c2ccc(F)cc2)C1. The van der Waals surface area contributed by atoms with Gasteiger partial charge in [-0.25, -0.2) is 4.39 Å². The van der Waals surface area contributed by atoms with E-state index in [1.807, 2.05) is 17.0 Å². The maximum absolute atomic E-state index is 13.3. The number of hydrogen-bond acceptors (Lipinski definition) is 4. The monoisotopic (exact) mass is 374 g/mol. The summed E-state index contributed by atoms with van der Waals surface area (Å²) in [5.41, 5.74) is 7.74. The molecule has 2 N–H and O–H groups in total. The summed E-state index contributed by atoms with van der Waals surface area (Å²) >= 11 is 0. The summed E-state index contributed by atoms with van der Waals surface area (Å²) in [6, 6.07) is 6.93. The second-order valence-electron chi connectivity index (χ2n) is 7.87. The Kier molecular flexibility index (Phi) is 5.41. The third-order valence-electron chi connectivity index (χ3n) is 6.14. The maximum Gasteiger partial charge on any atom is 0.242 e. The van der Waals surface area contributed by atoms with Crippen LogP contribution in [0.3, 0.4) is 0 Å². The Morgan fingerprint density at radius 1 is 1.19 bits per heavy atom. The van der Waals surface area contributed by atoms with Gasteiger partial charge in [-0.2, -0.15) is 0 Å². The molecule has 7 heteroatoms. The minimum absolute atomic E-state index is 0.0549. The van der Waals surface area contributed by atoms with Crippen LogP contribution in [0.5, 0.6) is 0 Å². The molecule has 3 fully saturated rings. The van der Waals surface area contributed by atoms with Crippen LogP contribution in [0.15, 0.2) is 24.3 Å². The molecule has 0 bridgehead atoms. The van der Waals surface area contributed by atoms with Crippen LogP contribution in [-0.4, -0.2) is 60.4 Å². The Labute approximate surface area is 159 Å². The molecule has 1 aromatic rings. The van der Waals surface area contributed by atoms with Gasteiger partial charge in [-0.05, 0) is 42.9 Å². The van der Waals surface area contributed by atoms with E-state index in [1.165, 1.54) is 12.1 Å². The number of hydrazine groups is 1. The topological polar surface area (TPSA) is 64.7 Å². The van der Waals surface area contributed by atoms with Crippen molar-refractivity contribution in [3.05, 3.63) is 35.6 Å². The summed E-state index contributed by atoms with van der Waals surface area (Å²) in [6.07, 6.45) is 3.45. The van der Waals surface area contributed by atoms with Gasteiger partial charge < -0.3 is 9.80 Å². The largest absolute Gasteiger partial charge is 0.341 e. The highest BCUT2D eigenvalue weighted by atomic mass is 19.1. The lowest BCUT2D eigenvalue weighted by Gasteiger charge is -2.38. The number of carbonyl (C=O) groups is 2. The molecule has 3 heterocycles. The Hall–Kier alpha value is -1.99. The number of rotatable bonds is 4. The van der Waals surface area contributed by atoms with Crippen molar-refractivity contribution in [2.24, 2.45) is 5.92 Å². The van der Waals surface area contributed by atoms with Gasteiger partial charge in [0.05, 0.1) is 6.54 Å². The number of carbonyl (C=O) groups excluding carboxylic acids is 2. The Morgan fingerprint density at radius 3 is 2.74 bits per heavy atom. The van der Waals surface area contributed by atoms with Crippen LogP contribution in [0.1, 0.15) is 37.2 Å². The Bertz CT molecular complexity index is 696. The van der Waals surface area contributed by atoms with Crippen LogP contribution in [0.25, 0.3) is 0 Å². The molecular weight excluding hydrogens is 347 g/mol. The molecule has 4 rings (SSSR count). The highest BCUT2D eigenvalue weighted by Gasteiger charge is 2.38. The van der Waals surface area contributed by atoms with E-state index in [0.29, 0.717) is 25.4 Å². The van der Waals surface area contributed by atoms with Gasteiger partial charge in [0.15, 0.2) is 0 Å². The summed E-state index contributed by atoms with van der Waals surface area (Å²) in [4.78, 5) is 28.1. The molecule has 6 nitrogen and oxygen atoms in total. The fourth-order valence-corrected chi connectivity index (χ4v) is 4.66. The van der Waals surface area contributed by atoms with Gasteiger partial charge in [0.1, 0.15) is 5.82 Å². The number of benzene rings is 1. The molecule has 0 aliphatic carbocycles. The van der Waals surface area contributed by atoms with Crippen molar-refractivity contribution in [3.63, 3.8) is 0 Å². The molecule has 0 aromatic heterocycles. The van der Waals surface area contributed by atoms with Crippen molar-refractivity contribution in [1.82, 2.24) is 20.7 Å². The molecule has 3 atom stereocenters. The first-order valence-corrected chi connectivity index (χ1v) is 9.91. The van der Waals surface area contributed by atoms with E-state index in [-0.39, 0.29) is 36.1 Å². The fourth-order valence-electron chi connectivity index (χ4n) is 4.66. The van der Waals surface area contributed by atoms with Crippen LogP contribution in [0.4, 0.5) is 4.39 Å². The van der Waals surface area contributed by atoms with E-state index in [4.69, 9.17) is 0 Å². The highest BCUT2D eigenvalue weighted by Crippen LogP contribution is 2.32. The van der Waals surface area contributed by atoms with Gasteiger partial charge in [-0.1, -0.05) is 12.1 Å². The second kappa shape index (κ2) is 7.94. The van der Waals surface area contributed by atoms with Gasteiger partial charge in [0.2, 0.25) is 11.8 Å². The van der Waals surface area contributed by atoms with Gasteiger partial charge >= 0.3 is 0 Å². The normalized spacial score (nSPS) is 28.8. The van der Waals surface area contributed by atoms with Gasteiger partial charge in [-0.15, -0.1) is 0 Å². The number of likely N-dealkylation sites (tertiary alicyclic amines) is 2. The highest BCUT2D eigenvalue weighted by molar-refractivity contribution is 5.85. The molecule has 27 heavy (non-hydrogen) atoms. The minimum Gasteiger partial charge on any atom is -0.341 e. The molecule has 3 aliphatic heterocycles. The first-order valence-electron chi connectivity index (χ1n) is 9.91. The third-order valence-corrected chi connectivity index (χ3v) is 6.14. The quantitative estimate of drug-likeness (QED) is 0.833. The maximum atomic E-state index is 13.3. The van der Waals surface area contributed by atoms with E-state index in [9.17, 15) is 14.0 Å². The van der Waals surface area contributed by atoms with Crippen molar-refractivity contribution in [3.8, 4) is 0 Å². The van der Waals surface area contributed by atoms with E-state index in [1.54, 1.807) is 4.90 Å². The fraction of sp³-hybridized carbons (Fsp3) is 0.600. The molecule has 3 saturated heterocycles. The first kappa shape index (κ1) is 18.4. The summed E-state index contributed by atoms with van der Waals surface area (Å²) in [7, 11) is 0. The second-order valence-corrected chi connectivity index (χ2v) is 7.87. The standard InChI is InChI=1S/C20H27FN4O2/c21-16-7-5-14(6-8-16)17-11-22-23-20(17)15-3-1-9-24(12-15)19(27)13-25-10-2-4-18(25)26/h5-8,15,17,20,22-23H,1-4,9-13H2. The van der Waals surface area contributed by atoms with Crippen LogP contribution < -0.4 is 10.9 Å². The predicted octanol–water partition coefficient (Wildman–Crippen LogP) is 1.25. The number of nitrogens with zero attached hydrogens (tertiary/aromatic N) is 2. The molecule has 0 saturated carbocycles. The minimum atomic E-state index is -0.222. The number of hydrogen-bond donors (Lipinski definition) is 2. The molecule has 0 spiro atoms. The molecule has 1 aromatic carbocycles. The number of piperidine rings is 1. The summed E-state index contributed by atoms with van der Waals surface area (Å²) in [5, 5.41) is 0. The van der Waals surface area contributed by atoms with Crippen LogP contribution in [0.2, 0.25) is 0 Å². The van der Waals surface area contributed by atoms with Gasteiger partial charge in [0, 0.05) is 44.6 Å². The van der Waals surface area contributed by atoms with E-state index in [0.717, 1.165) is 37.9 Å². The van der Waals surface area contributed by atoms with Gasteiger partial charge in [0.25, 0.3) is 0 Å². The molecular formula is C20H27FN4O2. The Balaban J connectivity index is 1.40. The van der Waals surface area contributed by atoms with E-state index >= 15 is 0 Å². The number of nitrogens with one attached hydrogen (secondary N) is 2. The lowest BCUT2D eigenvalue weighted by molar-refractivity contribution is -0.139. The zero-order valence-electron chi connectivity index (χ0n) is 15.5. The smallest absolute Gasteiger partial charge is 0.242 e. The molecule has 2 amide bonds. The lowest BCUT2D eigenvalue weighted by atomic mass is 9.81. The number of halogens is 1. The molecule has 146 valence electrons. The predicted molar refractivity (Wildman–Crippen MR) is 99.2 cm³/mol. The number of amides is 2. The average Bonchev–Trinajstić information content (AvgIpc) is 3.32. The average molecular weight is 374 g/mol. The van der Waals surface area contributed by atoms with Crippen molar-refractivity contribution < 1.29 is 14.0 Å². The molecule has 3 aliphatic rings. The van der Waals surface area contributed by atoms with Crippen molar-refractivity contribution in [1.29, 1.82) is 0 Å². The molecule has 3 unspecified atom stereocenters. The zero-order chi connectivity index (χ0) is 18.8. The summed E-state index contributed by atoms with van der Waals surface area (Å²) < 4.78 is 13.3. The lowest BCUT2D eigenvalue weighted by Crippen LogP contribution is -2.50. The zero-order valence-corrected chi connectivity index (χ0v) is 15.5. The van der Waals surface area contributed by atoms with E-state index in [2.05, 4.69) is 10.9 Å². The Morgan fingerprint density at radius 2 is 2.00 bits per heavy atom.